The van der Waals surface area contributed by atoms with Crippen LogP contribution in [0.2, 0.25) is 0 Å². The predicted octanol–water partition coefficient (Wildman–Crippen LogP) is -1.51. The van der Waals surface area contributed by atoms with Gasteiger partial charge in [-0.2, -0.15) is 0 Å². The Bertz CT molecular complexity index is 102. The second-order valence-electron chi connectivity index (χ2n) is 2.59. The molecule has 3 N–H and O–H groups in total. The Morgan fingerprint density at radius 1 is 1.20 bits per heavy atom. The maximum Gasteiger partial charge on any atom is 0.110 e. The summed E-state index contributed by atoms with van der Waals surface area (Å²) < 4.78 is 4.91. The van der Waals surface area contributed by atoms with Crippen molar-refractivity contribution >= 4 is 0 Å². The minimum atomic E-state index is -1.07. The molecule has 1 rings (SSSR count). The van der Waals surface area contributed by atoms with Crippen LogP contribution in [0.3, 0.4) is 0 Å². The Morgan fingerprint density at radius 2 is 1.80 bits per heavy atom. The Balaban J connectivity index is 2.52. The largest absolute Gasteiger partial charge is 0.388 e. The number of aliphatic hydroxyl groups excluding tert-OH is 3. The predicted molar refractivity (Wildman–Crippen MR) is 33.4 cm³/mol. The Labute approximate surface area is 59.1 Å². The standard InChI is InChI=1S/C6H12O4/c1-3-5(8)6(9)4(7)2-10-3/h3-9H,2H2,1H3/t3-,4+,5+,6-/m0/s1. The summed E-state index contributed by atoms with van der Waals surface area (Å²) in [5, 5.41) is 27.0. The van der Waals surface area contributed by atoms with Gasteiger partial charge < -0.3 is 20.1 Å². The maximum absolute atomic E-state index is 9.08. The van der Waals surface area contributed by atoms with Crippen molar-refractivity contribution in [2.45, 2.75) is 31.3 Å². The van der Waals surface area contributed by atoms with Crippen molar-refractivity contribution in [3.05, 3.63) is 0 Å². The first-order valence-corrected chi connectivity index (χ1v) is 3.28. The Kier molecular flexibility index (Phi) is 2.25. The molecule has 0 amide bonds. The molecule has 0 aromatic carbocycles. The molecule has 0 spiro atoms. The monoisotopic (exact) mass is 148 g/mol. The van der Waals surface area contributed by atoms with Crippen molar-refractivity contribution in [2.75, 3.05) is 6.61 Å². The van der Waals surface area contributed by atoms with Gasteiger partial charge in [0.25, 0.3) is 0 Å². The van der Waals surface area contributed by atoms with Crippen LogP contribution in [0.25, 0.3) is 0 Å². The second-order valence-corrected chi connectivity index (χ2v) is 2.59. The molecule has 1 heterocycles. The van der Waals surface area contributed by atoms with E-state index in [4.69, 9.17) is 20.1 Å². The topological polar surface area (TPSA) is 69.9 Å². The highest BCUT2D eigenvalue weighted by Gasteiger charge is 2.34. The molecule has 10 heavy (non-hydrogen) atoms. The molecule has 0 bridgehead atoms. The van der Waals surface area contributed by atoms with E-state index in [0.29, 0.717) is 0 Å². The maximum atomic E-state index is 9.08. The van der Waals surface area contributed by atoms with Gasteiger partial charge in [-0.25, -0.2) is 0 Å². The van der Waals surface area contributed by atoms with Crippen molar-refractivity contribution in [2.24, 2.45) is 0 Å². The van der Waals surface area contributed by atoms with E-state index in [1.807, 2.05) is 0 Å². The van der Waals surface area contributed by atoms with Crippen molar-refractivity contribution in [1.29, 1.82) is 0 Å². The molecule has 4 nitrogen and oxygen atoms in total. The van der Waals surface area contributed by atoms with Crippen LogP contribution in [0, 0.1) is 0 Å². The van der Waals surface area contributed by atoms with E-state index in [9.17, 15) is 0 Å². The minimum Gasteiger partial charge on any atom is -0.388 e. The summed E-state index contributed by atoms with van der Waals surface area (Å²) in [5.74, 6) is 0. The molecule has 0 aliphatic carbocycles. The average molecular weight is 148 g/mol. The summed E-state index contributed by atoms with van der Waals surface area (Å²) in [4.78, 5) is 0. The number of aliphatic hydroxyl groups is 3. The van der Waals surface area contributed by atoms with Crippen LogP contribution in [0.5, 0.6) is 0 Å². The van der Waals surface area contributed by atoms with E-state index in [2.05, 4.69) is 0 Å². The van der Waals surface area contributed by atoms with Gasteiger partial charge >= 0.3 is 0 Å². The van der Waals surface area contributed by atoms with Crippen LogP contribution in [0.1, 0.15) is 6.92 Å². The molecule has 0 aromatic rings. The lowest BCUT2D eigenvalue weighted by atomic mass is 10.0. The molecule has 60 valence electrons. The van der Waals surface area contributed by atoms with Crippen LogP contribution < -0.4 is 0 Å². The van der Waals surface area contributed by atoms with Crippen LogP contribution in [0.15, 0.2) is 0 Å². The van der Waals surface area contributed by atoms with Gasteiger partial charge in [0.2, 0.25) is 0 Å². The number of hydrogen-bond donors (Lipinski definition) is 3. The smallest absolute Gasteiger partial charge is 0.110 e. The zero-order valence-corrected chi connectivity index (χ0v) is 5.77. The fourth-order valence-corrected chi connectivity index (χ4v) is 0.953. The van der Waals surface area contributed by atoms with Crippen molar-refractivity contribution in [3.63, 3.8) is 0 Å². The van der Waals surface area contributed by atoms with Crippen molar-refractivity contribution < 1.29 is 20.1 Å². The van der Waals surface area contributed by atoms with Crippen LogP contribution in [-0.2, 0) is 4.74 Å². The zero-order chi connectivity index (χ0) is 7.72. The van der Waals surface area contributed by atoms with Gasteiger partial charge in [0.15, 0.2) is 0 Å². The summed E-state index contributed by atoms with van der Waals surface area (Å²) in [6.07, 6.45) is -3.38. The molecular formula is C6H12O4. The van der Waals surface area contributed by atoms with Gasteiger partial charge in [0.1, 0.15) is 18.3 Å². The van der Waals surface area contributed by atoms with Gasteiger partial charge in [-0.1, -0.05) is 0 Å². The molecule has 1 saturated heterocycles. The number of ether oxygens (including phenoxy) is 1. The molecule has 4 atom stereocenters. The first-order valence-electron chi connectivity index (χ1n) is 3.28. The molecule has 4 heteroatoms. The van der Waals surface area contributed by atoms with Gasteiger partial charge in [-0.3, -0.25) is 0 Å². The van der Waals surface area contributed by atoms with Gasteiger partial charge in [-0.15, -0.1) is 0 Å². The third kappa shape index (κ3) is 1.29. The first-order chi connectivity index (χ1) is 4.63. The lowest BCUT2D eigenvalue weighted by Gasteiger charge is -2.33. The van der Waals surface area contributed by atoms with Crippen LogP contribution in [0.4, 0.5) is 0 Å². The Morgan fingerprint density at radius 3 is 2.30 bits per heavy atom. The normalized spacial score (nSPS) is 49.2. The van der Waals surface area contributed by atoms with Gasteiger partial charge in [0.05, 0.1) is 12.7 Å². The molecule has 1 aliphatic rings. The summed E-state index contributed by atoms with van der Waals surface area (Å²) in [5.41, 5.74) is 0. The average Bonchev–Trinajstić information content (AvgIpc) is 1.93. The highest BCUT2D eigenvalue weighted by atomic mass is 16.5. The highest BCUT2D eigenvalue weighted by molar-refractivity contribution is 4.83. The lowest BCUT2D eigenvalue weighted by molar-refractivity contribution is -0.181. The molecule has 0 radical (unpaired) electrons. The van der Waals surface area contributed by atoms with E-state index in [-0.39, 0.29) is 6.61 Å². The fraction of sp³-hybridized carbons (Fsp3) is 1.00. The van der Waals surface area contributed by atoms with Gasteiger partial charge in [0, 0.05) is 0 Å². The van der Waals surface area contributed by atoms with Crippen molar-refractivity contribution in [1.82, 2.24) is 0 Å². The summed E-state index contributed by atoms with van der Waals surface area (Å²) in [7, 11) is 0. The summed E-state index contributed by atoms with van der Waals surface area (Å²) in [6, 6.07) is 0. The first kappa shape index (κ1) is 7.94. The summed E-state index contributed by atoms with van der Waals surface area (Å²) in [6.45, 7) is 1.75. The van der Waals surface area contributed by atoms with Gasteiger partial charge in [-0.05, 0) is 6.92 Å². The van der Waals surface area contributed by atoms with Crippen LogP contribution in [-0.4, -0.2) is 46.3 Å². The van der Waals surface area contributed by atoms with E-state index >= 15 is 0 Å². The highest BCUT2D eigenvalue weighted by Crippen LogP contribution is 2.14. The van der Waals surface area contributed by atoms with E-state index < -0.39 is 24.4 Å². The SMILES string of the molecule is C[C@@H]1OC[C@@H](O)[C@H](O)[C@@H]1O. The molecule has 0 unspecified atom stereocenters. The molecule has 1 fully saturated rings. The van der Waals surface area contributed by atoms with Crippen molar-refractivity contribution in [3.8, 4) is 0 Å². The number of hydrogen-bond acceptors (Lipinski definition) is 4. The third-order valence-electron chi connectivity index (χ3n) is 1.75. The fourth-order valence-electron chi connectivity index (χ4n) is 0.953. The molecular weight excluding hydrogens is 136 g/mol. The number of rotatable bonds is 0. The Hall–Kier alpha value is -0.160. The second kappa shape index (κ2) is 2.84. The zero-order valence-electron chi connectivity index (χ0n) is 5.77. The molecule has 0 saturated carbocycles. The quantitative estimate of drug-likeness (QED) is 0.390. The minimum absolute atomic E-state index is 0.0966. The lowest BCUT2D eigenvalue weighted by Crippen LogP contribution is -2.51. The van der Waals surface area contributed by atoms with E-state index in [1.54, 1.807) is 6.92 Å². The van der Waals surface area contributed by atoms with E-state index in [0.717, 1.165) is 0 Å². The molecule has 0 aromatic heterocycles. The summed E-state index contributed by atoms with van der Waals surface area (Å²) >= 11 is 0. The molecule has 1 aliphatic heterocycles. The van der Waals surface area contributed by atoms with E-state index in [1.165, 1.54) is 0 Å². The third-order valence-corrected chi connectivity index (χ3v) is 1.75. The van der Waals surface area contributed by atoms with Crippen LogP contribution >= 0.6 is 0 Å².